The van der Waals surface area contributed by atoms with Crippen LogP contribution < -0.4 is 16.0 Å². The molecule has 0 bridgehead atoms. The van der Waals surface area contributed by atoms with Crippen LogP contribution in [-0.4, -0.2) is 31.1 Å². The minimum absolute atomic E-state index is 0.232. The first-order chi connectivity index (χ1) is 9.10. The van der Waals surface area contributed by atoms with Crippen molar-refractivity contribution in [2.24, 2.45) is 5.73 Å². The van der Waals surface area contributed by atoms with Crippen LogP contribution in [-0.2, 0) is 19.2 Å². The van der Waals surface area contributed by atoms with Gasteiger partial charge in [-0.25, -0.2) is 0 Å². The molecule has 19 heavy (non-hydrogen) atoms. The lowest BCUT2D eigenvalue weighted by molar-refractivity contribution is -0.126. The average Bonchev–Trinajstić information content (AvgIpc) is 2.36. The molecule has 1 aromatic carbocycles. The molecule has 0 aliphatic carbocycles. The summed E-state index contributed by atoms with van der Waals surface area (Å²) in [6, 6.07) is 6.42. The van der Waals surface area contributed by atoms with Crippen molar-refractivity contribution in [1.29, 1.82) is 0 Å². The minimum atomic E-state index is -0.790. The monoisotopic (exact) mass is 263 g/mol. The van der Waals surface area contributed by atoms with Gasteiger partial charge in [0.05, 0.1) is 17.9 Å². The Labute approximate surface area is 109 Å². The molecule has 0 fully saturated rings. The summed E-state index contributed by atoms with van der Waals surface area (Å²) < 4.78 is 0. The van der Waals surface area contributed by atoms with Gasteiger partial charge in [-0.3, -0.25) is 14.4 Å². The summed E-state index contributed by atoms with van der Waals surface area (Å²) in [4.78, 5) is 44.9. The standard InChI is InChI=1S/C12H13N3O4/c13-11(18)7-12(19)15(5-6-16)10-4-2-1-3-9(10)14-8-17/h1-4,6,8H,5,7H2,(H2,13,18)(H,14,17). The van der Waals surface area contributed by atoms with Gasteiger partial charge in [-0.15, -0.1) is 0 Å². The highest BCUT2D eigenvalue weighted by Gasteiger charge is 2.19. The maximum absolute atomic E-state index is 11.9. The van der Waals surface area contributed by atoms with E-state index in [2.05, 4.69) is 5.32 Å². The molecule has 0 atom stereocenters. The molecular formula is C12H13N3O4. The number of amides is 3. The third-order valence-electron chi connectivity index (χ3n) is 2.29. The lowest BCUT2D eigenvalue weighted by Gasteiger charge is -2.22. The fourth-order valence-electron chi connectivity index (χ4n) is 1.55. The fourth-order valence-corrected chi connectivity index (χ4v) is 1.55. The number of hydrogen-bond donors (Lipinski definition) is 2. The van der Waals surface area contributed by atoms with Crippen LogP contribution in [0.5, 0.6) is 0 Å². The van der Waals surface area contributed by atoms with Crippen molar-refractivity contribution in [2.75, 3.05) is 16.8 Å². The van der Waals surface area contributed by atoms with Crippen LogP contribution in [0.15, 0.2) is 24.3 Å². The molecule has 1 aromatic rings. The first-order valence-electron chi connectivity index (χ1n) is 5.41. The Morgan fingerprint density at radius 3 is 2.53 bits per heavy atom. The van der Waals surface area contributed by atoms with Gasteiger partial charge >= 0.3 is 0 Å². The zero-order valence-corrected chi connectivity index (χ0v) is 10.0. The van der Waals surface area contributed by atoms with Crippen LogP contribution >= 0.6 is 0 Å². The predicted molar refractivity (Wildman–Crippen MR) is 68.4 cm³/mol. The molecular weight excluding hydrogens is 250 g/mol. The molecule has 3 N–H and O–H groups in total. The highest BCUT2D eigenvalue weighted by Crippen LogP contribution is 2.25. The zero-order chi connectivity index (χ0) is 14.3. The van der Waals surface area contributed by atoms with E-state index in [0.717, 1.165) is 4.90 Å². The first kappa shape index (κ1) is 14.4. The van der Waals surface area contributed by atoms with Gasteiger partial charge in [0.1, 0.15) is 12.7 Å². The zero-order valence-electron chi connectivity index (χ0n) is 10.0. The van der Waals surface area contributed by atoms with Crippen LogP contribution in [0.1, 0.15) is 6.42 Å². The van der Waals surface area contributed by atoms with E-state index >= 15 is 0 Å². The van der Waals surface area contributed by atoms with E-state index in [1.807, 2.05) is 0 Å². The predicted octanol–water partition coefficient (Wildman–Crippen LogP) is -0.338. The first-order valence-corrected chi connectivity index (χ1v) is 5.41. The number of carbonyl (C=O) groups excluding carboxylic acids is 4. The van der Waals surface area contributed by atoms with Crippen molar-refractivity contribution in [1.82, 2.24) is 0 Å². The molecule has 0 heterocycles. The minimum Gasteiger partial charge on any atom is -0.369 e. The third kappa shape index (κ3) is 3.91. The number of aldehydes is 1. The van der Waals surface area contributed by atoms with Gasteiger partial charge in [-0.2, -0.15) is 0 Å². The molecule has 3 amide bonds. The second kappa shape index (κ2) is 6.90. The summed E-state index contributed by atoms with van der Waals surface area (Å²) in [5.41, 5.74) is 5.64. The van der Waals surface area contributed by atoms with Crippen molar-refractivity contribution >= 4 is 35.9 Å². The van der Waals surface area contributed by atoms with E-state index in [1.54, 1.807) is 24.3 Å². The second-order valence-electron chi connectivity index (χ2n) is 3.59. The molecule has 7 nitrogen and oxygen atoms in total. The van der Waals surface area contributed by atoms with Crippen LogP contribution in [0.2, 0.25) is 0 Å². The Bertz CT molecular complexity index is 502. The Morgan fingerprint density at radius 2 is 1.95 bits per heavy atom. The third-order valence-corrected chi connectivity index (χ3v) is 2.29. The van der Waals surface area contributed by atoms with E-state index in [-0.39, 0.29) is 6.54 Å². The lowest BCUT2D eigenvalue weighted by Crippen LogP contribution is -2.35. The van der Waals surface area contributed by atoms with Crippen molar-refractivity contribution < 1.29 is 19.2 Å². The molecule has 0 aromatic heterocycles. The van der Waals surface area contributed by atoms with E-state index in [9.17, 15) is 19.2 Å². The average molecular weight is 263 g/mol. The Morgan fingerprint density at radius 1 is 1.26 bits per heavy atom. The summed E-state index contributed by atoms with van der Waals surface area (Å²) >= 11 is 0. The molecule has 0 saturated heterocycles. The Hall–Kier alpha value is -2.70. The van der Waals surface area contributed by atoms with Crippen LogP contribution in [0.4, 0.5) is 11.4 Å². The molecule has 0 aliphatic heterocycles. The second-order valence-corrected chi connectivity index (χ2v) is 3.59. The molecule has 100 valence electrons. The molecule has 1 rings (SSSR count). The van der Waals surface area contributed by atoms with Gasteiger partial charge in [-0.1, -0.05) is 12.1 Å². The summed E-state index contributed by atoms with van der Waals surface area (Å²) in [6.07, 6.45) is 0.469. The number of para-hydroxylation sites is 2. The van der Waals surface area contributed by atoms with E-state index in [1.165, 1.54) is 0 Å². The van der Waals surface area contributed by atoms with Gasteiger partial charge in [0.25, 0.3) is 0 Å². The molecule has 0 radical (unpaired) electrons. The van der Waals surface area contributed by atoms with Crippen LogP contribution in [0, 0.1) is 0 Å². The number of nitrogens with zero attached hydrogens (tertiary/aromatic N) is 1. The normalized spacial score (nSPS) is 9.47. The summed E-state index contributed by atoms with van der Waals surface area (Å²) in [5, 5.41) is 2.42. The van der Waals surface area contributed by atoms with Crippen molar-refractivity contribution in [3.8, 4) is 0 Å². The fraction of sp³-hybridized carbons (Fsp3) is 0.167. The Balaban J connectivity index is 3.10. The molecule has 0 aliphatic rings. The topological polar surface area (TPSA) is 110 Å². The number of anilines is 2. The number of nitrogens with one attached hydrogen (secondary N) is 1. The van der Waals surface area contributed by atoms with E-state index in [0.29, 0.717) is 24.1 Å². The highest BCUT2D eigenvalue weighted by molar-refractivity contribution is 6.07. The van der Waals surface area contributed by atoms with Crippen LogP contribution in [0.25, 0.3) is 0 Å². The summed E-state index contributed by atoms with van der Waals surface area (Å²) in [5.74, 6) is -1.40. The number of hydrogen-bond acceptors (Lipinski definition) is 4. The van der Waals surface area contributed by atoms with Crippen molar-refractivity contribution in [3.63, 3.8) is 0 Å². The quantitative estimate of drug-likeness (QED) is 0.518. The number of carbonyl (C=O) groups is 4. The lowest BCUT2D eigenvalue weighted by atomic mass is 10.2. The number of primary amides is 1. The molecule has 0 unspecified atom stereocenters. The van der Waals surface area contributed by atoms with Gasteiger partial charge in [-0.05, 0) is 12.1 Å². The molecule has 0 saturated carbocycles. The van der Waals surface area contributed by atoms with Crippen molar-refractivity contribution in [3.05, 3.63) is 24.3 Å². The highest BCUT2D eigenvalue weighted by atomic mass is 16.2. The van der Waals surface area contributed by atoms with Gasteiger partial charge in [0, 0.05) is 0 Å². The number of benzene rings is 1. The van der Waals surface area contributed by atoms with Gasteiger partial charge in [0.2, 0.25) is 18.2 Å². The number of rotatable bonds is 7. The largest absolute Gasteiger partial charge is 0.369 e. The maximum atomic E-state index is 11.9. The maximum Gasteiger partial charge on any atom is 0.236 e. The number of nitrogens with two attached hydrogens (primary N) is 1. The van der Waals surface area contributed by atoms with E-state index < -0.39 is 18.2 Å². The van der Waals surface area contributed by atoms with Gasteiger partial charge < -0.3 is 20.7 Å². The smallest absolute Gasteiger partial charge is 0.236 e. The molecule has 0 spiro atoms. The van der Waals surface area contributed by atoms with E-state index in [4.69, 9.17) is 5.73 Å². The van der Waals surface area contributed by atoms with Gasteiger partial charge in [0.15, 0.2) is 0 Å². The van der Waals surface area contributed by atoms with Crippen LogP contribution in [0.3, 0.4) is 0 Å². The van der Waals surface area contributed by atoms with Crippen molar-refractivity contribution in [2.45, 2.75) is 6.42 Å². The summed E-state index contributed by atoms with van der Waals surface area (Å²) in [6.45, 7) is -0.232. The molecule has 7 heteroatoms. The SMILES string of the molecule is NC(=O)CC(=O)N(CC=O)c1ccccc1NC=O. The summed E-state index contributed by atoms with van der Waals surface area (Å²) in [7, 11) is 0. The Kier molecular flexibility index (Phi) is 5.21.